The number of halogens is 2. The number of benzene rings is 2. The highest BCUT2D eigenvalue weighted by molar-refractivity contribution is 6.14. The first-order valence-corrected chi connectivity index (χ1v) is 8.05. The standard InChI is InChI=1S/C21H13F2N3O/c1-25-20-9-14(3-5-19(20)23)8-17-12-26-11-16(21(17)27)7-13-2-4-18(22)15(6-13)10-24/h2-9,26H,11-12H2/b16-7+,17-8+. The van der Waals surface area contributed by atoms with Gasteiger partial charge < -0.3 is 5.32 Å². The van der Waals surface area contributed by atoms with Crippen LogP contribution in [0.15, 0.2) is 47.5 Å². The van der Waals surface area contributed by atoms with E-state index in [1.807, 2.05) is 0 Å². The molecular weight excluding hydrogens is 348 g/mol. The van der Waals surface area contributed by atoms with Crippen LogP contribution in [0.25, 0.3) is 17.0 Å². The van der Waals surface area contributed by atoms with Crippen molar-refractivity contribution in [3.05, 3.63) is 87.3 Å². The molecule has 1 saturated heterocycles. The highest BCUT2D eigenvalue weighted by Gasteiger charge is 2.20. The molecule has 0 aromatic heterocycles. The average Bonchev–Trinajstić information content (AvgIpc) is 2.67. The Morgan fingerprint density at radius 2 is 1.63 bits per heavy atom. The first kappa shape index (κ1) is 18.2. The van der Waals surface area contributed by atoms with Crippen LogP contribution in [0.5, 0.6) is 0 Å². The Labute approximate surface area is 154 Å². The van der Waals surface area contributed by atoms with Gasteiger partial charge in [0.1, 0.15) is 17.7 Å². The van der Waals surface area contributed by atoms with E-state index in [0.29, 0.717) is 35.4 Å². The molecular formula is C21H13F2N3O. The average molecular weight is 361 g/mol. The lowest BCUT2D eigenvalue weighted by Gasteiger charge is -2.18. The summed E-state index contributed by atoms with van der Waals surface area (Å²) in [6, 6.07) is 9.92. The molecule has 0 spiro atoms. The number of rotatable bonds is 2. The second-order valence-corrected chi connectivity index (χ2v) is 5.95. The van der Waals surface area contributed by atoms with Crippen LogP contribution in [-0.2, 0) is 4.79 Å². The maximum absolute atomic E-state index is 13.4. The largest absolute Gasteiger partial charge is 0.308 e. The number of hydrogen-bond acceptors (Lipinski definition) is 3. The SMILES string of the molecule is [C-]#[N+]c1cc(/C=C2\CNC/C(=C\c3ccc(F)c(C#N)c3)C2=O)ccc1F. The van der Waals surface area contributed by atoms with E-state index in [9.17, 15) is 13.6 Å². The zero-order chi connectivity index (χ0) is 19.4. The zero-order valence-electron chi connectivity index (χ0n) is 14.1. The van der Waals surface area contributed by atoms with Gasteiger partial charge in [0.25, 0.3) is 0 Å². The number of nitrogens with one attached hydrogen (secondary N) is 1. The first-order valence-electron chi connectivity index (χ1n) is 8.05. The fraction of sp³-hybridized carbons (Fsp3) is 0.0952. The van der Waals surface area contributed by atoms with Crippen molar-refractivity contribution >= 4 is 23.6 Å². The van der Waals surface area contributed by atoms with Crippen LogP contribution in [0.1, 0.15) is 16.7 Å². The van der Waals surface area contributed by atoms with Gasteiger partial charge in [-0.1, -0.05) is 12.1 Å². The third-order valence-corrected chi connectivity index (χ3v) is 4.10. The maximum Gasteiger partial charge on any atom is 0.222 e. The number of Topliss-reactive ketones (excluding diaryl/α,β-unsaturated/α-hetero) is 1. The van der Waals surface area contributed by atoms with Crippen LogP contribution in [-0.4, -0.2) is 18.9 Å². The number of nitriles is 1. The van der Waals surface area contributed by atoms with Crippen molar-refractivity contribution in [3.63, 3.8) is 0 Å². The number of nitrogens with zero attached hydrogens (tertiary/aromatic N) is 2. The third-order valence-electron chi connectivity index (χ3n) is 4.10. The van der Waals surface area contributed by atoms with E-state index in [-0.39, 0.29) is 17.0 Å². The Bertz CT molecular complexity index is 988. The van der Waals surface area contributed by atoms with Gasteiger partial charge in [-0.15, -0.1) is 0 Å². The second-order valence-electron chi connectivity index (χ2n) is 5.95. The zero-order valence-corrected chi connectivity index (χ0v) is 14.1. The smallest absolute Gasteiger partial charge is 0.222 e. The predicted octanol–water partition coefficient (Wildman–Crippen LogP) is 4.03. The predicted molar refractivity (Wildman–Crippen MR) is 97.6 cm³/mol. The van der Waals surface area contributed by atoms with Crippen molar-refractivity contribution in [2.75, 3.05) is 13.1 Å². The van der Waals surface area contributed by atoms with Crippen LogP contribution < -0.4 is 5.32 Å². The van der Waals surface area contributed by atoms with E-state index in [4.69, 9.17) is 11.8 Å². The van der Waals surface area contributed by atoms with E-state index < -0.39 is 11.6 Å². The Kier molecular flexibility index (Phi) is 5.21. The van der Waals surface area contributed by atoms with Crippen molar-refractivity contribution in [3.8, 4) is 6.07 Å². The fourth-order valence-electron chi connectivity index (χ4n) is 2.76. The minimum atomic E-state index is -0.611. The quantitative estimate of drug-likeness (QED) is 0.649. The van der Waals surface area contributed by atoms with Crippen molar-refractivity contribution in [1.82, 2.24) is 5.32 Å². The van der Waals surface area contributed by atoms with Gasteiger partial charge in [-0.05, 0) is 47.5 Å². The highest BCUT2D eigenvalue weighted by atomic mass is 19.1. The summed E-state index contributed by atoms with van der Waals surface area (Å²) in [5.74, 6) is -1.41. The van der Waals surface area contributed by atoms with Gasteiger partial charge in [0.05, 0.1) is 12.1 Å². The first-order chi connectivity index (χ1) is 13.0. The molecule has 27 heavy (non-hydrogen) atoms. The topological polar surface area (TPSA) is 57.2 Å². The number of piperidine rings is 1. The van der Waals surface area contributed by atoms with Gasteiger partial charge in [0.2, 0.25) is 5.69 Å². The number of carbonyl (C=O) groups is 1. The summed E-state index contributed by atoms with van der Waals surface area (Å²) in [5, 5.41) is 12.0. The van der Waals surface area contributed by atoms with Crippen molar-refractivity contribution in [2.24, 2.45) is 0 Å². The molecule has 6 heteroatoms. The lowest BCUT2D eigenvalue weighted by molar-refractivity contribution is -0.112. The molecule has 0 amide bonds. The second kappa shape index (κ2) is 7.74. The molecule has 4 nitrogen and oxygen atoms in total. The fourth-order valence-corrected chi connectivity index (χ4v) is 2.76. The molecule has 1 aliphatic heterocycles. The molecule has 2 aromatic carbocycles. The number of ketones is 1. The molecule has 1 heterocycles. The number of carbonyl (C=O) groups excluding carboxylic acids is 1. The monoisotopic (exact) mass is 361 g/mol. The summed E-state index contributed by atoms with van der Waals surface area (Å²) in [6.07, 6.45) is 3.22. The molecule has 0 saturated carbocycles. The number of hydrogen-bond donors (Lipinski definition) is 1. The van der Waals surface area contributed by atoms with E-state index in [1.54, 1.807) is 18.2 Å². The highest BCUT2D eigenvalue weighted by Crippen LogP contribution is 2.23. The molecule has 0 bridgehead atoms. The maximum atomic E-state index is 13.4. The van der Waals surface area contributed by atoms with Gasteiger partial charge >= 0.3 is 0 Å². The lowest BCUT2D eigenvalue weighted by Crippen LogP contribution is -2.32. The van der Waals surface area contributed by atoms with Crippen molar-refractivity contribution in [1.29, 1.82) is 5.26 Å². The molecule has 0 radical (unpaired) electrons. The normalized spacial score (nSPS) is 17.0. The minimum absolute atomic E-state index is 0.0886. The van der Waals surface area contributed by atoms with E-state index >= 15 is 0 Å². The van der Waals surface area contributed by atoms with Crippen LogP contribution in [0.3, 0.4) is 0 Å². The van der Waals surface area contributed by atoms with Gasteiger partial charge in [-0.25, -0.2) is 13.6 Å². The summed E-state index contributed by atoms with van der Waals surface area (Å²) in [7, 11) is 0. The lowest BCUT2D eigenvalue weighted by atomic mass is 9.95. The molecule has 0 atom stereocenters. The van der Waals surface area contributed by atoms with Crippen LogP contribution in [0.4, 0.5) is 14.5 Å². The molecule has 0 aliphatic carbocycles. The van der Waals surface area contributed by atoms with Crippen LogP contribution in [0, 0.1) is 29.5 Å². The minimum Gasteiger partial charge on any atom is -0.308 e. The Morgan fingerprint density at radius 3 is 2.22 bits per heavy atom. The Balaban J connectivity index is 1.92. The summed E-state index contributed by atoms with van der Waals surface area (Å²) in [4.78, 5) is 15.8. The molecule has 132 valence electrons. The molecule has 3 rings (SSSR count). The van der Waals surface area contributed by atoms with Crippen LogP contribution in [0.2, 0.25) is 0 Å². The van der Waals surface area contributed by atoms with Crippen molar-refractivity contribution < 1.29 is 13.6 Å². The van der Waals surface area contributed by atoms with Crippen LogP contribution >= 0.6 is 0 Å². The van der Waals surface area contributed by atoms with E-state index in [0.717, 1.165) is 0 Å². The molecule has 0 unspecified atom stereocenters. The molecule has 1 fully saturated rings. The summed E-state index contributed by atoms with van der Waals surface area (Å²) >= 11 is 0. The van der Waals surface area contributed by atoms with Crippen molar-refractivity contribution in [2.45, 2.75) is 0 Å². The third kappa shape index (κ3) is 3.98. The van der Waals surface area contributed by atoms with Gasteiger partial charge in [0, 0.05) is 24.2 Å². The Hall–Kier alpha value is -3.61. The van der Waals surface area contributed by atoms with Gasteiger partial charge in [0.15, 0.2) is 5.78 Å². The molecule has 1 N–H and O–H groups in total. The molecule has 1 aliphatic rings. The van der Waals surface area contributed by atoms with E-state index in [2.05, 4.69) is 10.2 Å². The van der Waals surface area contributed by atoms with Gasteiger partial charge in [-0.3, -0.25) is 4.79 Å². The summed E-state index contributed by atoms with van der Waals surface area (Å²) in [5.41, 5.74) is 1.85. The van der Waals surface area contributed by atoms with Gasteiger partial charge in [-0.2, -0.15) is 5.26 Å². The molecule has 2 aromatic rings. The summed E-state index contributed by atoms with van der Waals surface area (Å²) in [6.45, 7) is 7.65. The van der Waals surface area contributed by atoms with E-state index in [1.165, 1.54) is 36.4 Å². The summed E-state index contributed by atoms with van der Waals surface area (Å²) < 4.78 is 26.9. The Morgan fingerprint density at radius 1 is 1.04 bits per heavy atom.